The van der Waals surface area contributed by atoms with Gasteiger partial charge in [0.15, 0.2) is 0 Å². The van der Waals surface area contributed by atoms with Crippen LogP contribution in [-0.4, -0.2) is 29.2 Å². The molecular weight excluding hydrogens is 266 g/mol. The normalized spacial score (nSPS) is 28.5. The Hall–Kier alpha value is -1.65. The van der Waals surface area contributed by atoms with Crippen molar-refractivity contribution in [2.75, 3.05) is 0 Å². The topological polar surface area (TPSA) is 38.8 Å². The summed E-state index contributed by atoms with van der Waals surface area (Å²) in [4.78, 5) is 17.8. The number of amides is 1. The van der Waals surface area contributed by atoms with E-state index in [2.05, 4.69) is 6.08 Å². The van der Waals surface area contributed by atoms with Gasteiger partial charge in [0, 0.05) is 6.42 Å². The number of nitrogens with zero attached hydrogens (tertiary/aromatic N) is 1. The van der Waals surface area contributed by atoms with Crippen LogP contribution in [0.3, 0.4) is 0 Å². The summed E-state index contributed by atoms with van der Waals surface area (Å²) in [5.74, 6) is 0.0577. The Morgan fingerprint density at radius 3 is 2.86 bits per heavy atom. The maximum Gasteiger partial charge on any atom is 0.246 e. The van der Waals surface area contributed by atoms with E-state index in [0.717, 1.165) is 18.4 Å². The lowest BCUT2D eigenvalue weighted by Gasteiger charge is -2.41. The minimum absolute atomic E-state index is 0.00178. The third kappa shape index (κ3) is 3.17. The zero-order valence-corrected chi connectivity index (χ0v) is 12.3. The summed E-state index contributed by atoms with van der Waals surface area (Å²) in [6.45, 7) is 2.61. The first kappa shape index (κ1) is 14.3. The molecule has 0 spiro atoms. The van der Waals surface area contributed by atoms with Crippen molar-refractivity contribution in [2.45, 2.75) is 51.0 Å². The van der Waals surface area contributed by atoms with Crippen molar-refractivity contribution in [3.05, 3.63) is 48.0 Å². The van der Waals surface area contributed by atoms with Crippen molar-refractivity contribution >= 4 is 5.91 Å². The highest BCUT2D eigenvalue weighted by atomic mass is 16.7. The van der Waals surface area contributed by atoms with E-state index >= 15 is 0 Å². The first-order chi connectivity index (χ1) is 10.3. The summed E-state index contributed by atoms with van der Waals surface area (Å²) >= 11 is 0. The highest BCUT2D eigenvalue weighted by Crippen LogP contribution is 2.28. The van der Waals surface area contributed by atoms with Crippen LogP contribution in [0.15, 0.2) is 42.5 Å². The fourth-order valence-electron chi connectivity index (χ4n) is 2.78. The van der Waals surface area contributed by atoms with Crippen LogP contribution in [0.1, 0.15) is 31.7 Å². The Labute approximate surface area is 125 Å². The molecule has 4 nitrogen and oxygen atoms in total. The first-order valence-corrected chi connectivity index (χ1v) is 7.60. The standard InChI is InChI=1S/C17H21NO3/c1-2-14-8-9-15-16(10-11-17(19)18(15)21-14)20-12-13-6-4-3-5-7-13/h3-9,14-16H,2,10-12H2,1H3/t14-,15-,16+/m1/s1. The predicted octanol–water partition coefficient (Wildman–Crippen LogP) is 2.84. The fourth-order valence-corrected chi connectivity index (χ4v) is 2.78. The molecule has 2 aliphatic rings. The molecule has 112 valence electrons. The van der Waals surface area contributed by atoms with E-state index in [1.54, 1.807) is 0 Å². The molecule has 0 unspecified atom stereocenters. The summed E-state index contributed by atoms with van der Waals surface area (Å²) < 4.78 is 6.03. The Bertz CT molecular complexity index is 514. The summed E-state index contributed by atoms with van der Waals surface area (Å²) in [6, 6.07) is 10.00. The van der Waals surface area contributed by atoms with Gasteiger partial charge in [0.1, 0.15) is 12.1 Å². The molecule has 0 saturated carbocycles. The first-order valence-electron chi connectivity index (χ1n) is 7.60. The second-order valence-electron chi connectivity index (χ2n) is 5.52. The number of benzene rings is 1. The van der Waals surface area contributed by atoms with E-state index in [1.807, 2.05) is 43.3 Å². The molecule has 1 fully saturated rings. The quantitative estimate of drug-likeness (QED) is 0.799. The van der Waals surface area contributed by atoms with Crippen molar-refractivity contribution in [3.8, 4) is 0 Å². The van der Waals surface area contributed by atoms with Gasteiger partial charge in [-0.3, -0.25) is 9.63 Å². The van der Waals surface area contributed by atoms with E-state index < -0.39 is 0 Å². The second kappa shape index (κ2) is 6.41. The number of hydrogen-bond acceptors (Lipinski definition) is 3. The molecule has 4 heteroatoms. The number of piperidine rings is 1. The van der Waals surface area contributed by atoms with Gasteiger partial charge >= 0.3 is 0 Å². The van der Waals surface area contributed by atoms with Crippen molar-refractivity contribution in [2.24, 2.45) is 0 Å². The van der Waals surface area contributed by atoms with Crippen LogP contribution in [0.4, 0.5) is 0 Å². The summed E-state index contributed by atoms with van der Waals surface area (Å²) in [5, 5.41) is 1.52. The van der Waals surface area contributed by atoms with Gasteiger partial charge in [-0.15, -0.1) is 0 Å². The van der Waals surface area contributed by atoms with E-state index in [-0.39, 0.29) is 24.2 Å². The molecule has 2 aliphatic heterocycles. The van der Waals surface area contributed by atoms with Crippen LogP contribution in [0.2, 0.25) is 0 Å². The molecule has 1 aromatic rings. The van der Waals surface area contributed by atoms with E-state index in [9.17, 15) is 4.79 Å². The Morgan fingerprint density at radius 1 is 1.29 bits per heavy atom. The van der Waals surface area contributed by atoms with E-state index in [4.69, 9.17) is 9.57 Å². The van der Waals surface area contributed by atoms with Gasteiger partial charge in [-0.1, -0.05) is 49.4 Å². The van der Waals surface area contributed by atoms with Gasteiger partial charge in [0.05, 0.1) is 12.7 Å². The fraction of sp³-hybridized carbons (Fsp3) is 0.471. The zero-order chi connectivity index (χ0) is 14.7. The number of fused-ring (bicyclic) bond motifs is 1. The number of carbonyl (C=O) groups excluding carboxylic acids is 1. The van der Waals surface area contributed by atoms with Crippen molar-refractivity contribution in [1.82, 2.24) is 5.06 Å². The Morgan fingerprint density at radius 2 is 2.10 bits per heavy atom. The van der Waals surface area contributed by atoms with Crippen LogP contribution < -0.4 is 0 Å². The molecule has 3 atom stereocenters. The number of hydrogen-bond donors (Lipinski definition) is 0. The largest absolute Gasteiger partial charge is 0.371 e. The number of hydroxylamine groups is 2. The van der Waals surface area contributed by atoms with Gasteiger partial charge in [-0.05, 0) is 18.4 Å². The highest BCUT2D eigenvalue weighted by molar-refractivity contribution is 5.77. The lowest BCUT2D eigenvalue weighted by molar-refractivity contribution is -0.236. The molecule has 1 amide bonds. The Kier molecular flexibility index (Phi) is 4.36. The lowest BCUT2D eigenvalue weighted by Crippen LogP contribution is -2.53. The maximum atomic E-state index is 12.0. The Balaban J connectivity index is 1.67. The van der Waals surface area contributed by atoms with E-state index in [0.29, 0.717) is 13.0 Å². The number of ether oxygens (including phenoxy) is 1. The molecule has 21 heavy (non-hydrogen) atoms. The number of rotatable bonds is 4. The molecule has 1 aromatic carbocycles. The van der Waals surface area contributed by atoms with Crippen LogP contribution >= 0.6 is 0 Å². The minimum atomic E-state index is -0.0993. The van der Waals surface area contributed by atoms with Crippen LogP contribution in [-0.2, 0) is 21.0 Å². The van der Waals surface area contributed by atoms with Gasteiger partial charge in [0.25, 0.3) is 0 Å². The van der Waals surface area contributed by atoms with Crippen molar-refractivity contribution < 1.29 is 14.4 Å². The van der Waals surface area contributed by atoms with Crippen molar-refractivity contribution in [3.63, 3.8) is 0 Å². The molecular formula is C17H21NO3. The van der Waals surface area contributed by atoms with Gasteiger partial charge in [0.2, 0.25) is 5.91 Å². The van der Waals surface area contributed by atoms with Crippen LogP contribution in [0, 0.1) is 0 Å². The van der Waals surface area contributed by atoms with Crippen molar-refractivity contribution in [1.29, 1.82) is 0 Å². The van der Waals surface area contributed by atoms with Gasteiger partial charge < -0.3 is 4.74 Å². The third-order valence-corrected chi connectivity index (χ3v) is 4.02. The van der Waals surface area contributed by atoms with Gasteiger partial charge in [-0.25, -0.2) is 5.06 Å². The van der Waals surface area contributed by atoms with Gasteiger partial charge in [-0.2, -0.15) is 0 Å². The average Bonchev–Trinajstić information content (AvgIpc) is 2.55. The maximum absolute atomic E-state index is 12.0. The molecule has 0 N–H and O–H groups in total. The molecule has 3 rings (SSSR count). The molecule has 0 aliphatic carbocycles. The second-order valence-corrected chi connectivity index (χ2v) is 5.52. The molecule has 0 radical (unpaired) electrons. The third-order valence-electron chi connectivity index (χ3n) is 4.02. The number of carbonyl (C=O) groups is 1. The predicted molar refractivity (Wildman–Crippen MR) is 79.2 cm³/mol. The smallest absolute Gasteiger partial charge is 0.246 e. The zero-order valence-electron chi connectivity index (χ0n) is 12.3. The average molecular weight is 287 g/mol. The minimum Gasteiger partial charge on any atom is -0.371 e. The lowest BCUT2D eigenvalue weighted by atomic mass is 9.97. The van der Waals surface area contributed by atoms with Crippen LogP contribution in [0.5, 0.6) is 0 Å². The SMILES string of the molecule is CC[C@@H]1C=C[C@@H]2[C@@H](OCc3ccccc3)CCC(=O)N2O1. The monoisotopic (exact) mass is 287 g/mol. The summed E-state index contributed by atoms with van der Waals surface area (Å²) in [5.41, 5.74) is 1.15. The van der Waals surface area contributed by atoms with E-state index in [1.165, 1.54) is 5.06 Å². The van der Waals surface area contributed by atoms with Crippen LogP contribution in [0.25, 0.3) is 0 Å². The highest BCUT2D eigenvalue weighted by Gasteiger charge is 2.39. The molecule has 0 aromatic heterocycles. The molecule has 2 heterocycles. The molecule has 1 saturated heterocycles. The molecule has 0 bridgehead atoms. The summed E-state index contributed by atoms with van der Waals surface area (Å²) in [6.07, 6.45) is 6.19. The summed E-state index contributed by atoms with van der Waals surface area (Å²) in [7, 11) is 0.